The van der Waals surface area contributed by atoms with Crippen LogP contribution >= 0.6 is 11.6 Å². The first-order chi connectivity index (χ1) is 9.54. The smallest absolute Gasteiger partial charge is 0.288 e. The van der Waals surface area contributed by atoms with Crippen molar-refractivity contribution in [2.45, 2.75) is 19.4 Å². The van der Waals surface area contributed by atoms with E-state index in [0.29, 0.717) is 19.8 Å². The lowest BCUT2D eigenvalue weighted by Crippen LogP contribution is -2.48. The van der Waals surface area contributed by atoms with Gasteiger partial charge in [0.1, 0.15) is 5.02 Å². The number of morpholine rings is 1. The number of nitrogens with zero attached hydrogens (tertiary/aromatic N) is 2. The van der Waals surface area contributed by atoms with Crippen molar-refractivity contribution in [2.24, 2.45) is 0 Å². The maximum atomic E-state index is 12.5. The highest BCUT2D eigenvalue weighted by atomic mass is 35.5. The van der Waals surface area contributed by atoms with E-state index in [9.17, 15) is 14.9 Å². The van der Waals surface area contributed by atoms with Crippen LogP contribution in [0.2, 0.25) is 5.02 Å². The fourth-order valence-electron chi connectivity index (χ4n) is 2.21. The first-order valence-corrected chi connectivity index (χ1v) is 6.75. The summed E-state index contributed by atoms with van der Waals surface area (Å²) in [5, 5.41) is 10.9. The molecular formula is C13H15ClN2O4. The molecule has 1 aliphatic rings. The second kappa shape index (κ2) is 6.19. The lowest BCUT2D eigenvalue weighted by Gasteiger charge is -2.35. The van der Waals surface area contributed by atoms with Gasteiger partial charge in [0.05, 0.1) is 24.2 Å². The second-order valence-corrected chi connectivity index (χ2v) is 4.97. The van der Waals surface area contributed by atoms with Gasteiger partial charge in [0, 0.05) is 18.2 Å². The number of carbonyl (C=O) groups excluding carboxylic acids is 1. The third-order valence-electron chi connectivity index (χ3n) is 3.35. The summed E-state index contributed by atoms with van der Waals surface area (Å²) in [6, 6.07) is 4.13. The van der Waals surface area contributed by atoms with Crippen LogP contribution in [0.25, 0.3) is 0 Å². The van der Waals surface area contributed by atoms with Crippen LogP contribution in [-0.4, -0.2) is 41.5 Å². The fourth-order valence-corrected chi connectivity index (χ4v) is 2.40. The molecule has 6 nitrogen and oxygen atoms in total. The van der Waals surface area contributed by atoms with Gasteiger partial charge in [0.2, 0.25) is 0 Å². The maximum Gasteiger partial charge on any atom is 0.288 e. The Morgan fingerprint density at radius 2 is 2.35 bits per heavy atom. The predicted molar refractivity (Wildman–Crippen MR) is 74.0 cm³/mol. The number of nitro benzene ring substituents is 1. The molecule has 1 unspecified atom stereocenters. The summed E-state index contributed by atoms with van der Waals surface area (Å²) >= 11 is 5.75. The molecule has 1 heterocycles. The van der Waals surface area contributed by atoms with Crippen LogP contribution < -0.4 is 0 Å². The molecule has 1 atom stereocenters. The van der Waals surface area contributed by atoms with E-state index in [1.165, 1.54) is 18.2 Å². The van der Waals surface area contributed by atoms with E-state index < -0.39 is 4.92 Å². The number of rotatable bonds is 3. The van der Waals surface area contributed by atoms with Crippen molar-refractivity contribution in [3.05, 3.63) is 38.9 Å². The summed E-state index contributed by atoms with van der Waals surface area (Å²) in [5.41, 5.74) is 0.0280. The van der Waals surface area contributed by atoms with Gasteiger partial charge >= 0.3 is 0 Å². The SMILES string of the molecule is CCC1COCCN1C(=O)c1ccc(Cl)c([N+](=O)[O-])c1. The Bertz CT molecular complexity index is 535. The zero-order valence-electron chi connectivity index (χ0n) is 11.0. The Balaban J connectivity index is 2.28. The van der Waals surface area contributed by atoms with Crippen molar-refractivity contribution >= 4 is 23.2 Å². The van der Waals surface area contributed by atoms with Crippen molar-refractivity contribution in [2.75, 3.05) is 19.8 Å². The van der Waals surface area contributed by atoms with E-state index in [2.05, 4.69) is 0 Å². The number of hydrogen-bond acceptors (Lipinski definition) is 4. The zero-order chi connectivity index (χ0) is 14.7. The van der Waals surface area contributed by atoms with Gasteiger partial charge in [-0.3, -0.25) is 14.9 Å². The van der Waals surface area contributed by atoms with Crippen molar-refractivity contribution in [1.29, 1.82) is 0 Å². The number of nitro groups is 1. The van der Waals surface area contributed by atoms with Gasteiger partial charge in [-0.05, 0) is 18.6 Å². The summed E-state index contributed by atoms with van der Waals surface area (Å²) in [6.07, 6.45) is 0.779. The van der Waals surface area contributed by atoms with Gasteiger partial charge in [-0.25, -0.2) is 0 Å². The van der Waals surface area contributed by atoms with Crippen molar-refractivity contribution in [3.63, 3.8) is 0 Å². The molecule has 0 saturated carbocycles. The molecule has 1 saturated heterocycles. The van der Waals surface area contributed by atoms with E-state index >= 15 is 0 Å². The highest BCUT2D eigenvalue weighted by Gasteiger charge is 2.28. The third-order valence-corrected chi connectivity index (χ3v) is 3.67. The summed E-state index contributed by atoms with van der Waals surface area (Å²) < 4.78 is 5.35. The third kappa shape index (κ3) is 2.91. The lowest BCUT2D eigenvalue weighted by atomic mass is 10.1. The van der Waals surface area contributed by atoms with Crippen molar-refractivity contribution in [1.82, 2.24) is 4.90 Å². The molecule has 1 aromatic rings. The summed E-state index contributed by atoms with van der Waals surface area (Å²) in [6.45, 7) is 3.45. The molecule has 0 N–H and O–H groups in total. The Labute approximate surface area is 121 Å². The summed E-state index contributed by atoms with van der Waals surface area (Å²) in [4.78, 5) is 24.4. The molecule has 0 aromatic heterocycles. The van der Waals surface area contributed by atoms with E-state index in [0.717, 1.165) is 6.42 Å². The predicted octanol–water partition coefficient (Wildman–Crippen LogP) is 2.50. The molecule has 7 heteroatoms. The van der Waals surface area contributed by atoms with Crippen molar-refractivity contribution in [3.8, 4) is 0 Å². The van der Waals surface area contributed by atoms with Crippen LogP contribution in [0.4, 0.5) is 5.69 Å². The van der Waals surface area contributed by atoms with Crippen LogP contribution in [-0.2, 0) is 4.74 Å². The minimum absolute atomic E-state index is 0.00554. The number of benzene rings is 1. The molecule has 0 spiro atoms. The number of carbonyl (C=O) groups is 1. The van der Waals surface area contributed by atoms with Crippen LogP contribution in [0.3, 0.4) is 0 Å². The Morgan fingerprint density at radius 3 is 3.00 bits per heavy atom. The molecule has 0 bridgehead atoms. The Kier molecular flexibility index (Phi) is 4.57. The molecule has 1 fully saturated rings. The molecule has 0 radical (unpaired) electrons. The number of halogens is 1. The van der Waals surface area contributed by atoms with Gasteiger partial charge in [-0.15, -0.1) is 0 Å². The minimum Gasteiger partial charge on any atom is -0.377 e. The molecule has 1 aromatic carbocycles. The van der Waals surface area contributed by atoms with Gasteiger partial charge in [0.15, 0.2) is 0 Å². The Hall–Kier alpha value is -1.66. The largest absolute Gasteiger partial charge is 0.377 e. The maximum absolute atomic E-state index is 12.5. The molecule has 1 amide bonds. The molecule has 108 valence electrons. The normalized spacial score (nSPS) is 18.9. The molecule has 1 aliphatic heterocycles. The molecule has 0 aliphatic carbocycles. The number of ether oxygens (including phenoxy) is 1. The fraction of sp³-hybridized carbons (Fsp3) is 0.462. The lowest BCUT2D eigenvalue weighted by molar-refractivity contribution is -0.384. The zero-order valence-corrected chi connectivity index (χ0v) is 11.8. The second-order valence-electron chi connectivity index (χ2n) is 4.56. The quantitative estimate of drug-likeness (QED) is 0.635. The van der Waals surface area contributed by atoms with Gasteiger partial charge < -0.3 is 9.64 Å². The summed E-state index contributed by atoms with van der Waals surface area (Å²) in [5.74, 6) is -0.222. The van der Waals surface area contributed by atoms with Gasteiger partial charge in [-0.2, -0.15) is 0 Å². The van der Waals surface area contributed by atoms with Gasteiger partial charge in [-0.1, -0.05) is 18.5 Å². The van der Waals surface area contributed by atoms with Crippen LogP contribution in [0, 0.1) is 10.1 Å². The summed E-state index contributed by atoms with van der Waals surface area (Å²) in [7, 11) is 0. The monoisotopic (exact) mass is 298 g/mol. The Morgan fingerprint density at radius 1 is 1.60 bits per heavy atom. The number of hydrogen-bond donors (Lipinski definition) is 0. The van der Waals surface area contributed by atoms with E-state index in [1.54, 1.807) is 4.90 Å². The molecule has 2 rings (SSSR count). The number of amides is 1. The highest BCUT2D eigenvalue weighted by molar-refractivity contribution is 6.32. The van der Waals surface area contributed by atoms with Crippen LogP contribution in [0.5, 0.6) is 0 Å². The minimum atomic E-state index is -0.588. The topological polar surface area (TPSA) is 72.7 Å². The standard InChI is InChI=1S/C13H15ClN2O4/c1-2-10-8-20-6-5-15(10)13(17)9-3-4-11(14)12(7-9)16(18)19/h3-4,7,10H,2,5-6,8H2,1H3. The first-order valence-electron chi connectivity index (χ1n) is 6.37. The average molecular weight is 299 g/mol. The molecule has 20 heavy (non-hydrogen) atoms. The average Bonchev–Trinajstić information content (AvgIpc) is 2.46. The van der Waals surface area contributed by atoms with E-state index in [4.69, 9.17) is 16.3 Å². The van der Waals surface area contributed by atoms with Crippen LogP contribution in [0.15, 0.2) is 18.2 Å². The van der Waals surface area contributed by atoms with E-state index in [1.807, 2.05) is 6.92 Å². The molecular weight excluding hydrogens is 284 g/mol. The first kappa shape index (κ1) is 14.7. The van der Waals surface area contributed by atoms with Crippen LogP contribution in [0.1, 0.15) is 23.7 Å². The van der Waals surface area contributed by atoms with Gasteiger partial charge in [0.25, 0.3) is 11.6 Å². The highest BCUT2D eigenvalue weighted by Crippen LogP contribution is 2.26. The van der Waals surface area contributed by atoms with E-state index in [-0.39, 0.29) is 28.2 Å². The van der Waals surface area contributed by atoms with Crippen molar-refractivity contribution < 1.29 is 14.5 Å².